The van der Waals surface area contributed by atoms with Gasteiger partial charge in [-0.15, -0.1) is 0 Å². The molecule has 0 aliphatic rings. The molecule has 0 aliphatic heterocycles. The Labute approximate surface area is 116 Å². The van der Waals surface area contributed by atoms with E-state index in [0.717, 1.165) is 27.3 Å². The number of carbonyl (C=O) groups is 1. The number of aryl methyl sites for hydroxylation is 1. The Kier molecular flexibility index (Phi) is 4.14. The molecule has 102 valence electrons. The van der Waals surface area contributed by atoms with Crippen LogP contribution >= 0.6 is 11.3 Å². The van der Waals surface area contributed by atoms with Gasteiger partial charge in [0, 0.05) is 6.20 Å². The van der Waals surface area contributed by atoms with E-state index in [1.165, 1.54) is 0 Å². The second kappa shape index (κ2) is 5.65. The van der Waals surface area contributed by atoms with Crippen molar-refractivity contribution in [2.24, 2.45) is 0 Å². The first-order valence-corrected chi connectivity index (χ1v) is 7.33. The van der Waals surface area contributed by atoms with Crippen molar-refractivity contribution in [3.63, 3.8) is 0 Å². The second-order valence-electron chi connectivity index (χ2n) is 4.50. The quantitative estimate of drug-likeness (QED) is 0.800. The smallest absolute Gasteiger partial charge is 0.340 e. The molecule has 19 heavy (non-hydrogen) atoms. The monoisotopic (exact) mass is 278 g/mol. The van der Waals surface area contributed by atoms with Crippen molar-refractivity contribution in [1.82, 2.24) is 9.97 Å². The molecule has 0 N–H and O–H groups in total. The van der Waals surface area contributed by atoms with Crippen LogP contribution in [0.5, 0.6) is 0 Å². The van der Waals surface area contributed by atoms with Crippen LogP contribution < -0.4 is 0 Å². The third kappa shape index (κ3) is 2.61. The van der Waals surface area contributed by atoms with E-state index in [4.69, 9.17) is 4.74 Å². The van der Waals surface area contributed by atoms with Crippen molar-refractivity contribution >= 4 is 27.7 Å². The molecule has 0 aromatic carbocycles. The van der Waals surface area contributed by atoms with E-state index in [1.807, 2.05) is 6.92 Å². The molecule has 0 amide bonds. The maximum atomic E-state index is 12.0. The molecule has 0 bridgehead atoms. The Hall–Kier alpha value is -1.49. The summed E-state index contributed by atoms with van der Waals surface area (Å²) in [5, 5.41) is 0.966. The van der Waals surface area contributed by atoms with Crippen LogP contribution in [0.2, 0.25) is 0 Å². The molecule has 2 aromatic rings. The fourth-order valence-corrected chi connectivity index (χ4v) is 2.85. The summed E-state index contributed by atoms with van der Waals surface area (Å²) in [7, 11) is 0. The molecular formula is C14H18N2O2S. The largest absolute Gasteiger partial charge is 0.462 e. The van der Waals surface area contributed by atoms with E-state index in [-0.39, 0.29) is 11.9 Å². The van der Waals surface area contributed by atoms with Crippen LogP contribution in [0.4, 0.5) is 0 Å². The van der Waals surface area contributed by atoms with Crippen molar-refractivity contribution < 1.29 is 9.53 Å². The first-order chi connectivity index (χ1) is 9.08. The van der Waals surface area contributed by atoms with Crippen LogP contribution in [0.3, 0.4) is 0 Å². The summed E-state index contributed by atoms with van der Waals surface area (Å²) in [6, 6.07) is 0. The third-order valence-corrected chi connectivity index (χ3v) is 4.05. The van der Waals surface area contributed by atoms with Gasteiger partial charge in [0.1, 0.15) is 10.3 Å². The normalized spacial score (nSPS) is 12.6. The standard InChI is InChI=1S/C14H18N2O2S/c1-5-8(3)11-10(14(17)18-6-2)7-15-13-12(11)16-9(4)19-13/h7-8H,5-6H2,1-4H3. The summed E-state index contributed by atoms with van der Waals surface area (Å²) in [5.74, 6) is -0.0516. The van der Waals surface area contributed by atoms with Gasteiger partial charge in [0.15, 0.2) is 0 Å². The summed E-state index contributed by atoms with van der Waals surface area (Å²) in [4.78, 5) is 21.8. The predicted octanol–water partition coefficient (Wildman–Crippen LogP) is 3.69. The summed E-state index contributed by atoms with van der Waals surface area (Å²) in [5.41, 5.74) is 2.37. The van der Waals surface area contributed by atoms with Gasteiger partial charge in [0.2, 0.25) is 0 Å². The van der Waals surface area contributed by atoms with Gasteiger partial charge in [0.25, 0.3) is 0 Å². The number of fused-ring (bicyclic) bond motifs is 1. The average Bonchev–Trinajstić information content (AvgIpc) is 2.77. The molecule has 4 nitrogen and oxygen atoms in total. The number of ether oxygens (including phenoxy) is 1. The maximum absolute atomic E-state index is 12.0. The molecule has 2 rings (SSSR count). The summed E-state index contributed by atoms with van der Waals surface area (Å²) >= 11 is 1.55. The lowest BCUT2D eigenvalue weighted by Crippen LogP contribution is -2.11. The van der Waals surface area contributed by atoms with Gasteiger partial charge in [-0.05, 0) is 31.7 Å². The number of esters is 1. The third-order valence-electron chi connectivity index (χ3n) is 3.17. The van der Waals surface area contributed by atoms with E-state index >= 15 is 0 Å². The zero-order chi connectivity index (χ0) is 14.0. The van der Waals surface area contributed by atoms with Crippen LogP contribution in [0.1, 0.15) is 54.0 Å². The predicted molar refractivity (Wildman–Crippen MR) is 76.8 cm³/mol. The molecule has 2 aromatic heterocycles. The summed E-state index contributed by atoms with van der Waals surface area (Å²) < 4.78 is 5.12. The van der Waals surface area contributed by atoms with E-state index in [1.54, 1.807) is 24.5 Å². The minimum atomic E-state index is -0.308. The molecular weight excluding hydrogens is 260 g/mol. The van der Waals surface area contributed by atoms with Crippen molar-refractivity contribution in [3.05, 3.63) is 22.3 Å². The Morgan fingerprint density at radius 1 is 1.47 bits per heavy atom. The SMILES string of the molecule is CCOC(=O)c1cnc2sc(C)nc2c1C(C)CC. The van der Waals surface area contributed by atoms with Crippen molar-refractivity contribution in [1.29, 1.82) is 0 Å². The summed E-state index contributed by atoms with van der Waals surface area (Å²) in [6.45, 7) is 8.33. The second-order valence-corrected chi connectivity index (χ2v) is 5.68. The minimum absolute atomic E-state index is 0.256. The van der Waals surface area contributed by atoms with Crippen LogP contribution in [0.25, 0.3) is 10.3 Å². The first-order valence-electron chi connectivity index (χ1n) is 6.51. The number of rotatable bonds is 4. The van der Waals surface area contributed by atoms with E-state index < -0.39 is 0 Å². The number of thiazole rings is 1. The van der Waals surface area contributed by atoms with Gasteiger partial charge in [0.05, 0.1) is 17.2 Å². The Balaban J connectivity index is 2.65. The number of pyridine rings is 1. The number of carbonyl (C=O) groups excluding carboxylic acids is 1. The van der Waals surface area contributed by atoms with Crippen LogP contribution in [-0.4, -0.2) is 22.5 Å². The Morgan fingerprint density at radius 3 is 2.84 bits per heavy atom. The molecule has 0 saturated carbocycles. The lowest BCUT2D eigenvalue weighted by Gasteiger charge is -2.14. The summed E-state index contributed by atoms with van der Waals surface area (Å²) in [6.07, 6.45) is 2.57. The molecule has 0 saturated heterocycles. The number of nitrogens with zero attached hydrogens (tertiary/aromatic N) is 2. The van der Waals surface area contributed by atoms with Crippen molar-refractivity contribution in [3.8, 4) is 0 Å². The highest BCUT2D eigenvalue weighted by atomic mass is 32.1. The number of hydrogen-bond donors (Lipinski definition) is 0. The number of aromatic nitrogens is 2. The lowest BCUT2D eigenvalue weighted by molar-refractivity contribution is 0.0524. The molecule has 1 atom stereocenters. The van der Waals surface area contributed by atoms with Gasteiger partial charge in [-0.25, -0.2) is 14.8 Å². The molecule has 2 heterocycles. The first kappa shape index (κ1) is 13.9. The Bertz CT molecular complexity index is 607. The number of hydrogen-bond acceptors (Lipinski definition) is 5. The van der Waals surface area contributed by atoms with E-state index in [9.17, 15) is 4.79 Å². The van der Waals surface area contributed by atoms with Gasteiger partial charge in [-0.1, -0.05) is 25.2 Å². The fraction of sp³-hybridized carbons (Fsp3) is 0.500. The van der Waals surface area contributed by atoms with Gasteiger partial charge < -0.3 is 4.74 Å². The molecule has 0 fully saturated rings. The van der Waals surface area contributed by atoms with Crippen LogP contribution in [0, 0.1) is 6.92 Å². The minimum Gasteiger partial charge on any atom is -0.462 e. The van der Waals surface area contributed by atoms with E-state index in [0.29, 0.717) is 12.2 Å². The molecule has 0 radical (unpaired) electrons. The van der Waals surface area contributed by atoms with Crippen LogP contribution in [-0.2, 0) is 4.74 Å². The lowest BCUT2D eigenvalue weighted by atomic mass is 9.94. The molecule has 0 spiro atoms. The van der Waals surface area contributed by atoms with Gasteiger partial charge in [-0.3, -0.25) is 0 Å². The molecule has 0 aliphatic carbocycles. The van der Waals surface area contributed by atoms with Gasteiger partial charge >= 0.3 is 5.97 Å². The Morgan fingerprint density at radius 2 is 2.21 bits per heavy atom. The van der Waals surface area contributed by atoms with Crippen molar-refractivity contribution in [2.75, 3.05) is 6.61 Å². The highest BCUT2D eigenvalue weighted by Gasteiger charge is 2.22. The van der Waals surface area contributed by atoms with Gasteiger partial charge in [-0.2, -0.15) is 0 Å². The molecule has 5 heteroatoms. The highest BCUT2D eigenvalue weighted by molar-refractivity contribution is 7.18. The molecule has 1 unspecified atom stereocenters. The maximum Gasteiger partial charge on any atom is 0.340 e. The van der Waals surface area contributed by atoms with Crippen LogP contribution in [0.15, 0.2) is 6.20 Å². The topological polar surface area (TPSA) is 52.1 Å². The van der Waals surface area contributed by atoms with E-state index in [2.05, 4.69) is 23.8 Å². The highest BCUT2D eigenvalue weighted by Crippen LogP contribution is 2.32. The zero-order valence-corrected chi connectivity index (χ0v) is 12.5. The fourth-order valence-electron chi connectivity index (χ4n) is 2.07. The zero-order valence-electron chi connectivity index (χ0n) is 11.7. The average molecular weight is 278 g/mol. The van der Waals surface area contributed by atoms with Crippen molar-refractivity contribution in [2.45, 2.75) is 40.0 Å².